The Balaban J connectivity index is 2.83. The largest absolute Gasteiger partial charge is 0.493 e. The van der Waals surface area contributed by atoms with Crippen LogP contribution in [0.5, 0.6) is 5.75 Å². The molecule has 0 aliphatic heterocycles. The molecule has 120 valence electrons. The summed E-state index contributed by atoms with van der Waals surface area (Å²) < 4.78 is 28.8. The van der Waals surface area contributed by atoms with Crippen molar-refractivity contribution < 1.29 is 13.2 Å². The van der Waals surface area contributed by atoms with Crippen molar-refractivity contribution in [1.29, 1.82) is 0 Å². The van der Waals surface area contributed by atoms with Crippen LogP contribution in [0.25, 0.3) is 0 Å². The summed E-state index contributed by atoms with van der Waals surface area (Å²) in [7, 11) is 1.72. The fourth-order valence-corrected chi connectivity index (χ4v) is 3.55. The maximum atomic E-state index is 11.5. The zero-order chi connectivity index (χ0) is 16.0. The van der Waals surface area contributed by atoms with Gasteiger partial charge in [0.05, 0.1) is 11.5 Å². The second-order valence-corrected chi connectivity index (χ2v) is 8.08. The van der Waals surface area contributed by atoms with Crippen molar-refractivity contribution in [3.05, 3.63) is 23.3 Å². The summed E-state index contributed by atoms with van der Waals surface area (Å²) in [6, 6.07) is 3.34. The third kappa shape index (κ3) is 5.51. The van der Waals surface area contributed by atoms with E-state index in [1.54, 1.807) is 19.1 Å². The molecule has 0 aliphatic carbocycles. The third-order valence-corrected chi connectivity index (χ3v) is 5.22. The number of hydrogen-bond acceptors (Lipinski definition) is 3. The molecule has 1 unspecified atom stereocenters. The normalized spacial score (nSPS) is 13.2. The topological polar surface area (TPSA) is 43.4 Å². The van der Waals surface area contributed by atoms with Crippen molar-refractivity contribution in [2.24, 2.45) is 5.92 Å². The average Bonchev–Trinajstić information content (AvgIpc) is 2.41. The van der Waals surface area contributed by atoms with Crippen LogP contribution in [-0.2, 0) is 9.05 Å². The van der Waals surface area contributed by atoms with Crippen LogP contribution in [0.3, 0.4) is 0 Å². The maximum Gasteiger partial charge on any atom is 0.261 e. The van der Waals surface area contributed by atoms with E-state index in [4.69, 9.17) is 15.4 Å². The predicted molar refractivity (Wildman–Crippen MR) is 87.8 cm³/mol. The molecule has 0 amide bonds. The van der Waals surface area contributed by atoms with Crippen molar-refractivity contribution in [2.75, 3.05) is 6.61 Å². The summed E-state index contributed by atoms with van der Waals surface area (Å²) in [4.78, 5) is 0.159. The van der Waals surface area contributed by atoms with Crippen molar-refractivity contribution in [2.45, 2.75) is 58.3 Å². The Labute approximate surface area is 133 Å². The molecule has 1 aromatic rings. The third-order valence-electron chi connectivity index (χ3n) is 3.75. The van der Waals surface area contributed by atoms with Gasteiger partial charge in [0.2, 0.25) is 0 Å². The summed E-state index contributed by atoms with van der Waals surface area (Å²) in [5.74, 6) is 1.28. The van der Waals surface area contributed by atoms with Crippen molar-refractivity contribution in [3.8, 4) is 5.75 Å². The van der Waals surface area contributed by atoms with Crippen LogP contribution in [0.4, 0.5) is 0 Å². The van der Waals surface area contributed by atoms with Crippen LogP contribution in [0.2, 0.25) is 0 Å². The number of aryl methyl sites for hydroxylation is 2. The molecule has 0 fully saturated rings. The fourth-order valence-electron chi connectivity index (χ4n) is 2.29. The van der Waals surface area contributed by atoms with Gasteiger partial charge in [-0.15, -0.1) is 0 Å². The highest BCUT2D eigenvalue weighted by Crippen LogP contribution is 2.28. The highest BCUT2D eigenvalue weighted by molar-refractivity contribution is 8.13. The second-order valence-electron chi connectivity index (χ2n) is 5.55. The first-order valence-corrected chi connectivity index (χ1v) is 9.79. The van der Waals surface area contributed by atoms with E-state index in [2.05, 4.69) is 13.8 Å². The number of halogens is 1. The van der Waals surface area contributed by atoms with Crippen LogP contribution < -0.4 is 4.74 Å². The number of hydrogen-bond donors (Lipinski definition) is 0. The van der Waals surface area contributed by atoms with Gasteiger partial charge in [0, 0.05) is 10.7 Å². The minimum absolute atomic E-state index is 0.159. The monoisotopic (exact) mass is 332 g/mol. The molecule has 0 saturated heterocycles. The molecule has 1 rings (SSSR count). The van der Waals surface area contributed by atoms with Crippen LogP contribution in [-0.4, -0.2) is 15.0 Å². The molecule has 3 nitrogen and oxygen atoms in total. The Kier molecular flexibility index (Phi) is 7.01. The number of benzene rings is 1. The first-order valence-electron chi connectivity index (χ1n) is 7.48. The van der Waals surface area contributed by atoms with Crippen molar-refractivity contribution >= 4 is 19.7 Å². The lowest BCUT2D eigenvalue weighted by Gasteiger charge is -2.17. The summed E-state index contributed by atoms with van der Waals surface area (Å²) in [5.41, 5.74) is 1.41. The quantitative estimate of drug-likeness (QED) is 0.640. The smallest absolute Gasteiger partial charge is 0.261 e. The van der Waals surface area contributed by atoms with Gasteiger partial charge in [-0.2, -0.15) is 0 Å². The van der Waals surface area contributed by atoms with Gasteiger partial charge < -0.3 is 4.74 Å². The van der Waals surface area contributed by atoms with E-state index in [1.165, 1.54) is 19.3 Å². The zero-order valence-electron chi connectivity index (χ0n) is 13.3. The molecule has 0 bridgehead atoms. The molecular formula is C16H25ClO3S. The Bertz CT molecular complexity index is 567. The molecule has 0 radical (unpaired) electrons. The van der Waals surface area contributed by atoms with E-state index < -0.39 is 9.05 Å². The van der Waals surface area contributed by atoms with Crippen LogP contribution in [0.15, 0.2) is 17.0 Å². The molecule has 0 aromatic heterocycles. The van der Waals surface area contributed by atoms with E-state index in [1.807, 2.05) is 6.92 Å². The van der Waals surface area contributed by atoms with Gasteiger partial charge in [-0.1, -0.05) is 33.1 Å². The van der Waals surface area contributed by atoms with E-state index in [9.17, 15) is 8.42 Å². The van der Waals surface area contributed by atoms with E-state index in [0.29, 0.717) is 18.1 Å². The highest BCUT2D eigenvalue weighted by Gasteiger charge is 2.16. The average molecular weight is 333 g/mol. The van der Waals surface area contributed by atoms with E-state index in [-0.39, 0.29) is 4.90 Å². The highest BCUT2D eigenvalue weighted by atomic mass is 35.7. The van der Waals surface area contributed by atoms with Crippen LogP contribution in [0, 0.1) is 19.8 Å². The summed E-state index contributed by atoms with van der Waals surface area (Å²) >= 11 is 0. The molecule has 0 heterocycles. The Morgan fingerprint density at radius 1 is 1.19 bits per heavy atom. The molecule has 0 N–H and O–H groups in total. The molecule has 0 saturated carbocycles. The van der Waals surface area contributed by atoms with Gasteiger partial charge >= 0.3 is 0 Å². The van der Waals surface area contributed by atoms with Gasteiger partial charge in [-0.05, 0) is 49.4 Å². The Hall–Kier alpha value is -0.740. The maximum absolute atomic E-state index is 11.5. The lowest BCUT2D eigenvalue weighted by molar-refractivity contribution is 0.232. The van der Waals surface area contributed by atoms with Gasteiger partial charge in [0.1, 0.15) is 5.75 Å². The van der Waals surface area contributed by atoms with E-state index >= 15 is 0 Å². The molecule has 0 aliphatic rings. The van der Waals surface area contributed by atoms with Crippen molar-refractivity contribution in [3.63, 3.8) is 0 Å². The van der Waals surface area contributed by atoms with Gasteiger partial charge in [0.15, 0.2) is 0 Å². The molecular weight excluding hydrogens is 308 g/mol. The summed E-state index contributed by atoms with van der Waals surface area (Å²) in [6.45, 7) is 8.60. The predicted octanol–water partition coefficient (Wildman–Crippen LogP) is 4.83. The van der Waals surface area contributed by atoms with Gasteiger partial charge in [0.25, 0.3) is 9.05 Å². The molecule has 1 aromatic carbocycles. The number of ether oxygens (including phenoxy) is 1. The Morgan fingerprint density at radius 3 is 2.38 bits per heavy atom. The van der Waals surface area contributed by atoms with Crippen LogP contribution >= 0.6 is 10.7 Å². The van der Waals surface area contributed by atoms with Crippen LogP contribution in [0.1, 0.15) is 50.7 Å². The number of rotatable bonds is 8. The zero-order valence-corrected chi connectivity index (χ0v) is 14.9. The SMILES string of the molecule is CCCCC(CC)COc1cc(C)c(S(=O)(=O)Cl)cc1C. The molecule has 1 atom stereocenters. The Morgan fingerprint density at radius 2 is 1.86 bits per heavy atom. The van der Waals surface area contributed by atoms with Gasteiger partial charge in [-0.3, -0.25) is 0 Å². The first kappa shape index (κ1) is 18.3. The standard InChI is InChI=1S/C16H25ClO3S/c1-5-7-8-14(6-2)11-20-15-9-13(4)16(10-12(15)3)21(17,18)19/h9-10,14H,5-8,11H2,1-4H3. The molecule has 0 spiro atoms. The lowest BCUT2D eigenvalue weighted by Crippen LogP contribution is -2.12. The first-order chi connectivity index (χ1) is 9.79. The summed E-state index contributed by atoms with van der Waals surface area (Å²) in [5, 5.41) is 0. The lowest BCUT2D eigenvalue weighted by atomic mass is 10.0. The molecule has 21 heavy (non-hydrogen) atoms. The minimum atomic E-state index is -3.70. The fraction of sp³-hybridized carbons (Fsp3) is 0.625. The van der Waals surface area contributed by atoms with Gasteiger partial charge in [-0.25, -0.2) is 8.42 Å². The summed E-state index contributed by atoms with van der Waals surface area (Å²) in [6.07, 6.45) is 4.66. The van der Waals surface area contributed by atoms with E-state index in [0.717, 1.165) is 17.7 Å². The second kappa shape index (κ2) is 8.04. The minimum Gasteiger partial charge on any atom is -0.493 e. The number of unbranched alkanes of at least 4 members (excludes halogenated alkanes) is 1. The molecule has 5 heteroatoms. The van der Waals surface area contributed by atoms with Crippen molar-refractivity contribution in [1.82, 2.24) is 0 Å².